The molecule has 0 spiro atoms. The van der Waals surface area contributed by atoms with Gasteiger partial charge in [-0.2, -0.15) is 0 Å². The van der Waals surface area contributed by atoms with E-state index in [1.54, 1.807) is 18.9 Å². The number of nitrogens with two attached hydrogens (primary N) is 1. The van der Waals surface area contributed by atoms with Gasteiger partial charge in [0.15, 0.2) is 0 Å². The quantitative estimate of drug-likeness (QED) is 0.863. The van der Waals surface area contributed by atoms with Gasteiger partial charge in [0.25, 0.3) is 0 Å². The lowest BCUT2D eigenvalue weighted by molar-refractivity contribution is 0.414. The molecule has 0 bridgehead atoms. The predicted octanol–water partition coefficient (Wildman–Crippen LogP) is 4.19. The van der Waals surface area contributed by atoms with Crippen LogP contribution >= 0.6 is 27.7 Å². The van der Waals surface area contributed by atoms with E-state index in [2.05, 4.69) is 15.9 Å². The standard InChI is InChI=1S/C13H12BrNOS/c1-16-9-2-4-10(5-3-9)17-11-6-7-13(15)12(14)8-11/h2-8H,15H2,1H3. The molecule has 2 nitrogen and oxygen atoms in total. The summed E-state index contributed by atoms with van der Waals surface area (Å²) in [5.41, 5.74) is 6.50. The molecule has 2 rings (SSSR count). The lowest BCUT2D eigenvalue weighted by Gasteiger charge is -2.05. The van der Waals surface area contributed by atoms with E-state index < -0.39 is 0 Å². The Hall–Kier alpha value is -1.13. The number of anilines is 1. The third kappa shape index (κ3) is 3.17. The number of benzene rings is 2. The van der Waals surface area contributed by atoms with Crippen molar-refractivity contribution in [3.63, 3.8) is 0 Å². The second kappa shape index (κ2) is 5.47. The van der Waals surface area contributed by atoms with Crippen LogP contribution in [0.1, 0.15) is 0 Å². The summed E-state index contributed by atoms with van der Waals surface area (Å²) in [6.45, 7) is 0. The van der Waals surface area contributed by atoms with Crippen LogP contribution in [0.15, 0.2) is 56.7 Å². The number of hydrogen-bond acceptors (Lipinski definition) is 3. The normalized spacial score (nSPS) is 10.2. The molecule has 0 fully saturated rings. The molecule has 0 saturated heterocycles. The molecular formula is C13H12BrNOS. The molecule has 17 heavy (non-hydrogen) atoms. The zero-order chi connectivity index (χ0) is 12.3. The van der Waals surface area contributed by atoms with Crippen LogP contribution in [0.5, 0.6) is 5.75 Å². The number of nitrogen functional groups attached to an aromatic ring is 1. The second-order valence-electron chi connectivity index (χ2n) is 3.46. The number of ether oxygens (including phenoxy) is 1. The largest absolute Gasteiger partial charge is 0.497 e. The minimum atomic E-state index is 0.754. The Morgan fingerprint density at radius 2 is 1.71 bits per heavy atom. The smallest absolute Gasteiger partial charge is 0.118 e. The van der Waals surface area contributed by atoms with Crippen molar-refractivity contribution in [2.24, 2.45) is 0 Å². The number of rotatable bonds is 3. The molecule has 88 valence electrons. The van der Waals surface area contributed by atoms with Crippen molar-refractivity contribution in [2.75, 3.05) is 12.8 Å². The van der Waals surface area contributed by atoms with E-state index in [-0.39, 0.29) is 0 Å². The third-order valence-corrected chi connectivity index (χ3v) is 3.95. The van der Waals surface area contributed by atoms with E-state index in [0.717, 1.165) is 20.8 Å². The maximum atomic E-state index is 5.75. The summed E-state index contributed by atoms with van der Waals surface area (Å²) in [5, 5.41) is 0. The third-order valence-electron chi connectivity index (χ3n) is 2.27. The predicted molar refractivity (Wildman–Crippen MR) is 75.7 cm³/mol. The average molecular weight is 310 g/mol. The van der Waals surface area contributed by atoms with Crippen molar-refractivity contribution in [2.45, 2.75) is 9.79 Å². The zero-order valence-electron chi connectivity index (χ0n) is 9.31. The van der Waals surface area contributed by atoms with Crippen LogP contribution in [0.3, 0.4) is 0 Å². The fourth-order valence-electron chi connectivity index (χ4n) is 1.35. The van der Waals surface area contributed by atoms with Crippen molar-refractivity contribution in [1.82, 2.24) is 0 Å². The van der Waals surface area contributed by atoms with Crippen LogP contribution in [0.4, 0.5) is 5.69 Å². The van der Waals surface area contributed by atoms with E-state index in [0.29, 0.717) is 0 Å². The van der Waals surface area contributed by atoms with Gasteiger partial charge in [-0.1, -0.05) is 11.8 Å². The van der Waals surface area contributed by atoms with Gasteiger partial charge in [0.1, 0.15) is 5.75 Å². The first-order valence-electron chi connectivity index (χ1n) is 5.06. The first kappa shape index (κ1) is 12.3. The highest BCUT2D eigenvalue weighted by Crippen LogP contribution is 2.32. The van der Waals surface area contributed by atoms with Crippen LogP contribution < -0.4 is 10.5 Å². The van der Waals surface area contributed by atoms with Gasteiger partial charge < -0.3 is 10.5 Å². The summed E-state index contributed by atoms with van der Waals surface area (Å²) in [6, 6.07) is 13.9. The van der Waals surface area contributed by atoms with Crippen LogP contribution in [0, 0.1) is 0 Å². The minimum absolute atomic E-state index is 0.754. The molecule has 0 aliphatic heterocycles. The van der Waals surface area contributed by atoms with Crippen LogP contribution in [0.2, 0.25) is 0 Å². The van der Waals surface area contributed by atoms with E-state index in [4.69, 9.17) is 10.5 Å². The first-order valence-corrected chi connectivity index (χ1v) is 6.67. The van der Waals surface area contributed by atoms with Crippen molar-refractivity contribution >= 4 is 33.4 Å². The fraction of sp³-hybridized carbons (Fsp3) is 0.0769. The molecule has 0 radical (unpaired) electrons. The Bertz CT molecular complexity index is 513. The van der Waals surface area contributed by atoms with Gasteiger partial charge in [0.05, 0.1) is 7.11 Å². The minimum Gasteiger partial charge on any atom is -0.497 e. The highest BCUT2D eigenvalue weighted by molar-refractivity contribution is 9.10. The van der Waals surface area contributed by atoms with Gasteiger partial charge in [-0.05, 0) is 58.4 Å². The fourth-order valence-corrected chi connectivity index (χ4v) is 2.74. The molecule has 0 aromatic heterocycles. The van der Waals surface area contributed by atoms with Gasteiger partial charge in [0, 0.05) is 20.0 Å². The molecule has 0 aliphatic carbocycles. The molecule has 0 unspecified atom stereocenters. The summed E-state index contributed by atoms with van der Waals surface area (Å²) in [4.78, 5) is 2.32. The van der Waals surface area contributed by atoms with Crippen molar-refractivity contribution < 1.29 is 4.74 Å². The van der Waals surface area contributed by atoms with Crippen molar-refractivity contribution in [3.8, 4) is 5.75 Å². The molecule has 0 heterocycles. The Kier molecular flexibility index (Phi) is 3.97. The first-order chi connectivity index (χ1) is 8.19. The van der Waals surface area contributed by atoms with E-state index in [1.165, 1.54) is 4.90 Å². The zero-order valence-corrected chi connectivity index (χ0v) is 11.7. The van der Waals surface area contributed by atoms with Crippen molar-refractivity contribution in [1.29, 1.82) is 0 Å². The van der Waals surface area contributed by atoms with E-state index >= 15 is 0 Å². The van der Waals surface area contributed by atoms with Gasteiger partial charge in [-0.3, -0.25) is 0 Å². The molecule has 2 aromatic rings. The maximum absolute atomic E-state index is 5.75. The number of hydrogen-bond donors (Lipinski definition) is 1. The monoisotopic (exact) mass is 309 g/mol. The summed E-state index contributed by atoms with van der Waals surface area (Å²) in [7, 11) is 1.67. The topological polar surface area (TPSA) is 35.2 Å². The second-order valence-corrected chi connectivity index (χ2v) is 5.46. The van der Waals surface area contributed by atoms with Gasteiger partial charge in [0.2, 0.25) is 0 Å². The maximum Gasteiger partial charge on any atom is 0.118 e. The van der Waals surface area contributed by atoms with E-state index in [1.807, 2.05) is 42.5 Å². The molecule has 2 aromatic carbocycles. The van der Waals surface area contributed by atoms with Crippen LogP contribution in [-0.2, 0) is 0 Å². The lowest BCUT2D eigenvalue weighted by atomic mass is 10.3. The summed E-state index contributed by atoms with van der Waals surface area (Å²) in [5.74, 6) is 0.868. The van der Waals surface area contributed by atoms with Gasteiger partial charge in [-0.15, -0.1) is 0 Å². The Morgan fingerprint density at radius 1 is 1.06 bits per heavy atom. The van der Waals surface area contributed by atoms with Gasteiger partial charge >= 0.3 is 0 Å². The molecule has 0 aliphatic rings. The Balaban J connectivity index is 2.16. The summed E-state index contributed by atoms with van der Waals surface area (Å²) >= 11 is 5.11. The molecule has 0 saturated carbocycles. The molecule has 2 N–H and O–H groups in total. The number of halogens is 1. The Labute approximate surface area is 113 Å². The molecule has 4 heteroatoms. The highest BCUT2D eigenvalue weighted by atomic mass is 79.9. The van der Waals surface area contributed by atoms with E-state index in [9.17, 15) is 0 Å². The van der Waals surface area contributed by atoms with Gasteiger partial charge in [-0.25, -0.2) is 0 Å². The highest BCUT2D eigenvalue weighted by Gasteiger charge is 2.01. The van der Waals surface area contributed by atoms with Crippen LogP contribution in [0.25, 0.3) is 0 Å². The van der Waals surface area contributed by atoms with Crippen LogP contribution in [-0.4, -0.2) is 7.11 Å². The Morgan fingerprint density at radius 3 is 2.29 bits per heavy atom. The molecular weight excluding hydrogens is 298 g/mol. The average Bonchev–Trinajstić information content (AvgIpc) is 2.35. The molecule has 0 amide bonds. The lowest BCUT2D eigenvalue weighted by Crippen LogP contribution is -1.86. The SMILES string of the molecule is COc1ccc(Sc2ccc(N)c(Br)c2)cc1. The number of methoxy groups -OCH3 is 1. The van der Waals surface area contributed by atoms with Crippen molar-refractivity contribution in [3.05, 3.63) is 46.9 Å². The summed E-state index contributed by atoms with van der Waals surface area (Å²) < 4.78 is 6.05. The molecule has 0 atom stereocenters. The summed E-state index contributed by atoms with van der Waals surface area (Å²) in [6.07, 6.45) is 0.